The van der Waals surface area contributed by atoms with Crippen molar-refractivity contribution in [3.63, 3.8) is 0 Å². The Kier molecular flexibility index (Phi) is 7.15. The summed E-state index contributed by atoms with van der Waals surface area (Å²) in [5, 5.41) is 5.56. The number of hydrogen-bond donors (Lipinski definition) is 2. The summed E-state index contributed by atoms with van der Waals surface area (Å²) in [5.41, 5.74) is 3.67. The molecule has 35 heavy (non-hydrogen) atoms. The molecule has 3 aromatic carbocycles. The second-order valence-electron chi connectivity index (χ2n) is 8.61. The lowest BCUT2D eigenvalue weighted by atomic mass is 9.83. The molecule has 180 valence electrons. The fourth-order valence-corrected chi connectivity index (χ4v) is 4.48. The number of ether oxygens (including phenoxy) is 1. The molecular formula is C28H29N3O4. The minimum absolute atomic E-state index is 0.0275. The standard InChI is InChI=1S/C28H29N3O4/c1-18-7-11-22(12-8-18)31-25(32)16-15-24(26(31)19-9-13-23(35-3)14-10-19)28(34)30-21-6-4-5-20(17-21)27(33)29-2/h4-14,17,24,26H,15-16H2,1-3H3,(H,29,33)(H,30,34). The van der Waals surface area contributed by atoms with Gasteiger partial charge in [-0.25, -0.2) is 0 Å². The molecule has 2 unspecified atom stereocenters. The van der Waals surface area contributed by atoms with Crippen LogP contribution in [0.5, 0.6) is 5.75 Å². The zero-order valence-corrected chi connectivity index (χ0v) is 20.1. The molecule has 0 spiro atoms. The van der Waals surface area contributed by atoms with Crippen molar-refractivity contribution < 1.29 is 19.1 Å². The molecule has 1 aliphatic heterocycles. The van der Waals surface area contributed by atoms with Gasteiger partial charge in [-0.15, -0.1) is 0 Å². The Morgan fingerprint density at radius 2 is 1.71 bits per heavy atom. The van der Waals surface area contributed by atoms with Gasteiger partial charge in [-0.2, -0.15) is 0 Å². The number of nitrogens with one attached hydrogen (secondary N) is 2. The third-order valence-electron chi connectivity index (χ3n) is 6.32. The van der Waals surface area contributed by atoms with Crippen molar-refractivity contribution >= 4 is 29.1 Å². The number of aryl methyl sites for hydroxylation is 1. The van der Waals surface area contributed by atoms with Crippen molar-refractivity contribution in [2.75, 3.05) is 24.4 Å². The minimum atomic E-state index is -0.494. The highest BCUT2D eigenvalue weighted by Crippen LogP contribution is 2.41. The Morgan fingerprint density at radius 3 is 2.37 bits per heavy atom. The second kappa shape index (κ2) is 10.4. The maximum atomic E-state index is 13.6. The number of piperidine rings is 1. The minimum Gasteiger partial charge on any atom is -0.497 e. The number of carbonyl (C=O) groups excluding carboxylic acids is 3. The van der Waals surface area contributed by atoms with Crippen LogP contribution in [0.2, 0.25) is 0 Å². The summed E-state index contributed by atoms with van der Waals surface area (Å²) < 4.78 is 5.30. The zero-order valence-electron chi connectivity index (χ0n) is 20.1. The lowest BCUT2D eigenvalue weighted by Gasteiger charge is -2.41. The van der Waals surface area contributed by atoms with E-state index in [1.54, 1.807) is 43.3 Å². The van der Waals surface area contributed by atoms with E-state index in [0.717, 1.165) is 16.8 Å². The molecular weight excluding hydrogens is 442 g/mol. The van der Waals surface area contributed by atoms with E-state index in [2.05, 4.69) is 10.6 Å². The van der Waals surface area contributed by atoms with Gasteiger partial charge in [0.2, 0.25) is 11.8 Å². The molecule has 3 amide bonds. The molecule has 3 aromatic rings. The van der Waals surface area contributed by atoms with Crippen LogP contribution < -0.4 is 20.3 Å². The molecule has 7 heteroatoms. The van der Waals surface area contributed by atoms with Gasteiger partial charge in [-0.3, -0.25) is 14.4 Å². The van der Waals surface area contributed by atoms with E-state index >= 15 is 0 Å². The Morgan fingerprint density at radius 1 is 1.00 bits per heavy atom. The number of nitrogens with zero attached hydrogens (tertiary/aromatic N) is 1. The zero-order chi connectivity index (χ0) is 24.9. The fourth-order valence-electron chi connectivity index (χ4n) is 4.48. The van der Waals surface area contributed by atoms with Gasteiger partial charge in [0, 0.05) is 30.4 Å². The normalized spacial score (nSPS) is 17.6. The third kappa shape index (κ3) is 5.19. The number of carbonyl (C=O) groups is 3. The number of hydrogen-bond acceptors (Lipinski definition) is 4. The van der Waals surface area contributed by atoms with Crippen LogP contribution in [-0.4, -0.2) is 31.9 Å². The molecule has 1 saturated heterocycles. The molecule has 0 aromatic heterocycles. The second-order valence-corrected chi connectivity index (χ2v) is 8.61. The van der Waals surface area contributed by atoms with E-state index in [4.69, 9.17) is 4.74 Å². The van der Waals surface area contributed by atoms with Crippen LogP contribution in [0.3, 0.4) is 0 Å². The van der Waals surface area contributed by atoms with E-state index in [9.17, 15) is 14.4 Å². The van der Waals surface area contributed by atoms with E-state index in [1.807, 2.05) is 55.5 Å². The average Bonchev–Trinajstić information content (AvgIpc) is 2.88. The van der Waals surface area contributed by atoms with Gasteiger partial charge in [0.1, 0.15) is 5.75 Å². The number of amides is 3. The van der Waals surface area contributed by atoms with Gasteiger partial charge < -0.3 is 20.3 Å². The van der Waals surface area contributed by atoms with Gasteiger partial charge in [0.25, 0.3) is 5.91 Å². The van der Waals surface area contributed by atoms with Crippen LogP contribution in [0.25, 0.3) is 0 Å². The molecule has 0 saturated carbocycles. The summed E-state index contributed by atoms with van der Waals surface area (Å²) >= 11 is 0. The van der Waals surface area contributed by atoms with Crippen molar-refractivity contribution in [3.8, 4) is 5.75 Å². The smallest absolute Gasteiger partial charge is 0.251 e. The predicted octanol–water partition coefficient (Wildman–Crippen LogP) is 4.49. The first kappa shape index (κ1) is 24.0. The van der Waals surface area contributed by atoms with Crippen LogP contribution in [-0.2, 0) is 9.59 Å². The van der Waals surface area contributed by atoms with E-state index in [-0.39, 0.29) is 24.1 Å². The summed E-state index contributed by atoms with van der Waals surface area (Å²) in [6, 6.07) is 21.5. The molecule has 0 aliphatic carbocycles. The van der Waals surface area contributed by atoms with Gasteiger partial charge in [0.15, 0.2) is 0 Å². The third-order valence-corrected chi connectivity index (χ3v) is 6.32. The fraction of sp³-hybridized carbons (Fsp3) is 0.250. The van der Waals surface area contributed by atoms with Crippen LogP contribution in [0.15, 0.2) is 72.8 Å². The lowest BCUT2D eigenvalue weighted by molar-refractivity contribution is -0.125. The lowest BCUT2D eigenvalue weighted by Crippen LogP contribution is -2.47. The first-order valence-corrected chi connectivity index (χ1v) is 11.6. The summed E-state index contributed by atoms with van der Waals surface area (Å²) in [4.78, 5) is 40.5. The van der Waals surface area contributed by atoms with E-state index in [1.165, 1.54) is 0 Å². The molecule has 0 bridgehead atoms. The van der Waals surface area contributed by atoms with Crippen molar-refractivity contribution in [2.24, 2.45) is 5.92 Å². The number of rotatable bonds is 6. The van der Waals surface area contributed by atoms with Crippen molar-refractivity contribution in [2.45, 2.75) is 25.8 Å². The van der Waals surface area contributed by atoms with Gasteiger partial charge in [0.05, 0.1) is 19.1 Å². The van der Waals surface area contributed by atoms with Gasteiger partial charge in [-0.05, 0) is 61.4 Å². The van der Waals surface area contributed by atoms with Crippen LogP contribution in [0.4, 0.5) is 11.4 Å². The van der Waals surface area contributed by atoms with Gasteiger partial charge >= 0.3 is 0 Å². The van der Waals surface area contributed by atoms with Crippen molar-refractivity contribution in [1.82, 2.24) is 5.32 Å². The maximum absolute atomic E-state index is 13.6. The van der Waals surface area contributed by atoms with Crippen LogP contribution >= 0.6 is 0 Å². The Hall–Kier alpha value is -4.13. The predicted molar refractivity (Wildman–Crippen MR) is 136 cm³/mol. The first-order valence-electron chi connectivity index (χ1n) is 11.6. The summed E-state index contributed by atoms with van der Waals surface area (Å²) in [6.45, 7) is 1.99. The maximum Gasteiger partial charge on any atom is 0.251 e. The van der Waals surface area contributed by atoms with Crippen molar-refractivity contribution in [1.29, 1.82) is 0 Å². The molecule has 4 rings (SSSR count). The average molecular weight is 472 g/mol. The quantitative estimate of drug-likeness (QED) is 0.555. The highest BCUT2D eigenvalue weighted by molar-refractivity contribution is 6.01. The van der Waals surface area contributed by atoms with E-state index in [0.29, 0.717) is 23.4 Å². The molecule has 2 atom stereocenters. The molecule has 1 aliphatic rings. The van der Waals surface area contributed by atoms with Crippen molar-refractivity contribution in [3.05, 3.63) is 89.5 Å². The monoisotopic (exact) mass is 471 g/mol. The number of benzene rings is 3. The number of anilines is 2. The highest BCUT2D eigenvalue weighted by Gasteiger charge is 2.41. The topological polar surface area (TPSA) is 87.7 Å². The Balaban J connectivity index is 1.70. The molecule has 7 nitrogen and oxygen atoms in total. The SMILES string of the molecule is CNC(=O)c1cccc(NC(=O)C2CCC(=O)N(c3ccc(C)cc3)C2c2ccc(OC)cc2)c1. The summed E-state index contributed by atoms with van der Waals surface area (Å²) in [5.74, 6) is -0.258. The highest BCUT2D eigenvalue weighted by atomic mass is 16.5. The summed E-state index contributed by atoms with van der Waals surface area (Å²) in [7, 11) is 3.16. The number of methoxy groups -OCH3 is 1. The largest absolute Gasteiger partial charge is 0.497 e. The Bertz CT molecular complexity index is 1220. The Labute approximate surface area is 205 Å². The van der Waals surface area contributed by atoms with E-state index < -0.39 is 12.0 Å². The molecule has 1 fully saturated rings. The van der Waals surface area contributed by atoms with Gasteiger partial charge in [-0.1, -0.05) is 35.9 Å². The van der Waals surface area contributed by atoms with Crippen LogP contribution in [0, 0.1) is 12.8 Å². The van der Waals surface area contributed by atoms with Crippen LogP contribution in [0.1, 0.15) is 40.4 Å². The molecule has 2 N–H and O–H groups in total. The first-order chi connectivity index (χ1) is 16.9. The molecule has 0 radical (unpaired) electrons. The molecule has 1 heterocycles. The summed E-state index contributed by atoms with van der Waals surface area (Å²) in [6.07, 6.45) is 0.676.